The highest BCUT2D eigenvalue weighted by Gasteiger charge is 2.11. The van der Waals surface area contributed by atoms with Crippen LogP contribution in [0.1, 0.15) is 17.5 Å². The molecule has 0 heterocycles. The molecule has 0 atom stereocenters. The molecule has 1 aromatic carbocycles. The first kappa shape index (κ1) is 8.79. The minimum atomic E-state index is 0.730. The maximum atomic E-state index is 5.89. The van der Waals surface area contributed by atoms with Crippen molar-refractivity contribution >= 4 is 17.7 Å². The van der Waals surface area contributed by atoms with Crippen LogP contribution in [0, 0.1) is 0 Å². The first-order valence-electron chi connectivity index (χ1n) is 4.47. The van der Waals surface area contributed by atoms with Gasteiger partial charge in [0.15, 0.2) is 0 Å². The Hall–Kier alpha value is -0.790. The second-order valence-electron chi connectivity index (χ2n) is 3.36. The molecule has 0 bridgehead atoms. The highest BCUT2D eigenvalue weighted by Crippen LogP contribution is 2.28. The molecule has 0 amide bonds. The Kier molecular flexibility index (Phi) is 2.38. The normalized spacial score (nSPS) is 14.2. The zero-order valence-electron chi connectivity index (χ0n) is 7.39. The third-order valence-corrected chi connectivity index (χ3v) is 2.59. The van der Waals surface area contributed by atoms with Crippen molar-refractivity contribution in [2.45, 2.75) is 12.8 Å². The quantitative estimate of drug-likeness (QED) is 0.768. The summed E-state index contributed by atoms with van der Waals surface area (Å²) < 4.78 is 0. The van der Waals surface area contributed by atoms with Crippen molar-refractivity contribution in [1.82, 2.24) is 0 Å². The predicted molar refractivity (Wildman–Crippen MR) is 56.8 cm³/mol. The summed E-state index contributed by atoms with van der Waals surface area (Å²) >= 11 is 5.89. The fourth-order valence-electron chi connectivity index (χ4n) is 1.72. The van der Waals surface area contributed by atoms with Gasteiger partial charge in [0.05, 0.1) is 0 Å². The van der Waals surface area contributed by atoms with Gasteiger partial charge in [-0.2, -0.15) is 0 Å². The van der Waals surface area contributed by atoms with Crippen LogP contribution in [0.3, 0.4) is 0 Å². The molecule has 1 aliphatic carbocycles. The van der Waals surface area contributed by atoms with Crippen molar-refractivity contribution in [2.75, 3.05) is 6.54 Å². The number of hydrogen-bond donors (Lipinski definition) is 1. The van der Waals surface area contributed by atoms with E-state index in [4.69, 9.17) is 17.3 Å². The molecule has 2 heteroatoms. The van der Waals surface area contributed by atoms with Gasteiger partial charge in [0.25, 0.3) is 0 Å². The average Bonchev–Trinajstić information content (AvgIpc) is 2.46. The van der Waals surface area contributed by atoms with E-state index in [1.807, 2.05) is 12.1 Å². The second-order valence-corrected chi connectivity index (χ2v) is 3.80. The van der Waals surface area contributed by atoms with E-state index in [9.17, 15) is 0 Å². The summed E-state index contributed by atoms with van der Waals surface area (Å²) in [6.07, 6.45) is 4.24. The molecule has 68 valence electrons. The number of rotatable bonds is 2. The fourth-order valence-corrected chi connectivity index (χ4v) is 1.90. The van der Waals surface area contributed by atoms with Crippen molar-refractivity contribution in [3.05, 3.63) is 39.9 Å². The van der Waals surface area contributed by atoms with E-state index in [-0.39, 0.29) is 0 Å². The van der Waals surface area contributed by atoms with Crippen LogP contribution in [0.2, 0.25) is 5.02 Å². The maximum Gasteiger partial charge on any atom is 0.0412 e. The molecule has 2 rings (SSSR count). The standard InChI is InChI=1S/C11H12ClN/c12-11-2-1-9-5-8(3-4-13)6-10(9)7-11/h1-2,6-7H,3-5,13H2. The molecule has 1 aromatic rings. The largest absolute Gasteiger partial charge is 0.330 e. The summed E-state index contributed by atoms with van der Waals surface area (Å²) in [7, 11) is 0. The second kappa shape index (κ2) is 3.52. The van der Waals surface area contributed by atoms with E-state index in [1.165, 1.54) is 16.7 Å². The van der Waals surface area contributed by atoms with Crippen molar-refractivity contribution in [3.63, 3.8) is 0 Å². The lowest BCUT2D eigenvalue weighted by molar-refractivity contribution is 0.927. The van der Waals surface area contributed by atoms with Gasteiger partial charge in [-0.05, 0) is 42.6 Å². The number of benzene rings is 1. The zero-order chi connectivity index (χ0) is 9.26. The predicted octanol–water partition coefficient (Wildman–Crippen LogP) is 2.63. The van der Waals surface area contributed by atoms with E-state index in [0.717, 1.165) is 24.4 Å². The minimum absolute atomic E-state index is 0.730. The number of fused-ring (bicyclic) bond motifs is 1. The molecule has 0 aromatic heterocycles. The van der Waals surface area contributed by atoms with E-state index < -0.39 is 0 Å². The van der Waals surface area contributed by atoms with Gasteiger partial charge in [0.2, 0.25) is 0 Å². The van der Waals surface area contributed by atoms with Gasteiger partial charge < -0.3 is 5.73 Å². The first-order valence-corrected chi connectivity index (χ1v) is 4.85. The van der Waals surface area contributed by atoms with Gasteiger partial charge in [-0.3, -0.25) is 0 Å². The smallest absolute Gasteiger partial charge is 0.0412 e. The SMILES string of the molecule is NCCC1=Cc2cc(Cl)ccc2C1. The van der Waals surface area contributed by atoms with Gasteiger partial charge in [-0.1, -0.05) is 29.3 Å². The molecule has 0 aliphatic heterocycles. The van der Waals surface area contributed by atoms with Crippen molar-refractivity contribution < 1.29 is 0 Å². The van der Waals surface area contributed by atoms with Crippen LogP contribution in [0.5, 0.6) is 0 Å². The molecule has 0 fully saturated rings. The van der Waals surface area contributed by atoms with Gasteiger partial charge in [0, 0.05) is 5.02 Å². The van der Waals surface area contributed by atoms with Crippen LogP contribution in [0.4, 0.5) is 0 Å². The molecule has 13 heavy (non-hydrogen) atoms. The van der Waals surface area contributed by atoms with E-state index in [1.54, 1.807) is 0 Å². The van der Waals surface area contributed by atoms with Crippen LogP contribution >= 0.6 is 11.6 Å². The molecule has 2 N–H and O–H groups in total. The zero-order valence-corrected chi connectivity index (χ0v) is 8.14. The molecule has 1 nitrogen and oxygen atoms in total. The summed E-state index contributed by atoms with van der Waals surface area (Å²) in [6.45, 7) is 0.730. The Balaban J connectivity index is 2.27. The molecular weight excluding hydrogens is 182 g/mol. The Morgan fingerprint density at radius 3 is 3.00 bits per heavy atom. The highest BCUT2D eigenvalue weighted by atomic mass is 35.5. The Bertz CT molecular complexity index is 355. The lowest BCUT2D eigenvalue weighted by Gasteiger charge is -1.98. The van der Waals surface area contributed by atoms with E-state index >= 15 is 0 Å². The van der Waals surface area contributed by atoms with Crippen LogP contribution in [0.15, 0.2) is 23.8 Å². The summed E-state index contributed by atoms with van der Waals surface area (Å²) in [5.41, 5.74) is 9.55. The number of nitrogens with two attached hydrogens (primary N) is 1. The summed E-state index contributed by atoms with van der Waals surface area (Å²) in [5.74, 6) is 0. The molecule has 0 unspecified atom stereocenters. The molecule has 0 saturated heterocycles. The third-order valence-electron chi connectivity index (χ3n) is 2.35. The monoisotopic (exact) mass is 193 g/mol. The Morgan fingerprint density at radius 2 is 2.23 bits per heavy atom. The van der Waals surface area contributed by atoms with Crippen LogP contribution in [0.25, 0.3) is 6.08 Å². The van der Waals surface area contributed by atoms with Crippen LogP contribution in [-0.4, -0.2) is 6.54 Å². The van der Waals surface area contributed by atoms with Gasteiger partial charge in [-0.15, -0.1) is 0 Å². The maximum absolute atomic E-state index is 5.89. The Labute approximate surface area is 83.2 Å². The summed E-state index contributed by atoms with van der Waals surface area (Å²) in [5, 5.41) is 0.809. The number of halogens is 1. The summed E-state index contributed by atoms with van der Waals surface area (Å²) in [4.78, 5) is 0. The third kappa shape index (κ3) is 1.77. The van der Waals surface area contributed by atoms with E-state index in [2.05, 4.69) is 12.1 Å². The Morgan fingerprint density at radius 1 is 1.38 bits per heavy atom. The van der Waals surface area contributed by atoms with Crippen molar-refractivity contribution in [2.24, 2.45) is 5.73 Å². The molecule has 1 aliphatic rings. The molecule has 0 saturated carbocycles. The molecule has 0 radical (unpaired) electrons. The van der Waals surface area contributed by atoms with Crippen molar-refractivity contribution in [1.29, 1.82) is 0 Å². The van der Waals surface area contributed by atoms with Gasteiger partial charge in [0.1, 0.15) is 0 Å². The topological polar surface area (TPSA) is 26.0 Å². The first-order chi connectivity index (χ1) is 6.29. The van der Waals surface area contributed by atoms with E-state index in [0.29, 0.717) is 0 Å². The molecule has 0 spiro atoms. The van der Waals surface area contributed by atoms with Crippen LogP contribution in [-0.2, 0) is 6.42 Å². The number of hydrogen-bond acceptors (Lipinski definition) is 1. The highest BCUT2D eigenvalue weighted by molar-refractivity contribution is 6.30. The van der Waals surface area contributed by atoms with Gasteiger partial charge >= 0.3 is 0 Å². The lowest BCUT2D eigenvalue weighted by Crippen LogP contribution is -1.99. The molecular formula is C11H12ClN. The fraction of sp³-hybridized carbons (Fsp3) is 0.273. The average molecular weight is 194 g/mol. The van der Waals surface area contributed by atoms with Crippen molar-refractivity contribution in [3.8, 4) is 0 Å². The van der Waals surface area contributed by atoms with Crippen LogP contribution < -0.4 is 5.73 Å². The lowest BCUT2D eigenvalue weighted by atomic mass is 10.1. The minimum Gasteiger partial charge on any atom is -0.330 e. The summed E-state index contributed by atoms with van der Waals surface area (Å²) in [6, 6.07) is 6.05. The van der Waals surface area contributed by atoms with Gasteiger partial charge in [-0.25, -0.2) is 0 Å².